The van der Waals surface area contributed by atoms with E-state index in [9.17, 15) is 18.0 Å². The standard InChI is InChI=1S/C11H10F3NO4.ClH/c1-17-9-4-6(19-11(12,13)14)2-3-7(9)8-5-18-10(16)15-8;/h2-4,8H,5H2,1H3,(H,15,16);1H/t8-;/m1./s1. The van der Waals surface area contributed by atoms with Crippen LogP contribution >= 0.6 is 12.4 Å². The zero-order valence-corrected chi connectivity index (χ0v) is 11.0. The smallest absolute Gasteiger partial charge is 0.496 e. The molecular formula is C11H11ClF3NO4. The lowest BCUT2D eigenvalue weighted by atomic mass is 10.1. The van der Waals surface area contributed by atoms with Crippen LogP contribution in [0, 0.1) is 0 Å². The summed E-state index contributed by atoms with van der Waals surface area (Å²) in [7, 11) is 1.31. The summed E-state index contributed by atoms with van der Waals surface area (Å²) in [6.07, 6.45) is -5.35. The number of benzene rings is 1. The molecule has 1 aliphatic heterocycles. The number of methoxy groups -OCH3 is 1. The molecule has 1 amide bonds. The Morgan fingerprint density at radius 3 is 2.60 bits per heavy atom. The van der Waals surface area contributed by atoms with Gasteiger partial charge < -0.3 is 19.5 Å². The van der Waals surface area contributed by atoms with Crippen LogP contribution in [0.4, 0.5) is 18.0 Å². The highest BCUT2D eigenvalue weighted by molar-refractivity contribution is 5.85. The lowest BCUT2D eigenvalue weighted by Crippen LogP contribution is -2.19. The van der Waals surface area contributed by atoms with E-state index in [2.05, 4.69) is 10.1 Å². The first-order valence-corrected chi connectivity index (χ1v) is 5.26. The van der Waals surface area contributed by atoms with Gasteiger partial charge in [-0.3, -0.25) is 0 Å². The van der Waals surface area contributed by atoms with Crippen molar-refractivity contribution in [3.8, 4) is 11.5 Å². The number of hydrogen-bond donors (Lipinski definition) is 1. The van der Waals surface area contributed by atoms with E-state index in [-0.39, 0.29) is 24.8 Å². The van der Waals surface area contributed by atoms with E-state index in [1.807, 2.05) is 0 Å². The molecule has 1 heterocycles. The number of ether oxygens (including phenoxy) is 3. The summed E-state index contributed by atoms with van der Waals surface area (Å²) in [5.74, 6) is -0.212. The van der Waals surface area contributed by atoms with Gasteiger partial charge in [0.25, 0.3) is 0 Å². The lowest BCUT2D eigenvalue weighted by molar-refractivity contribution is -0.274. The maximum absolute atomic E-state index is 12.1. The van der Waals surface area contributed by atoms with Gasteiger partial charge in [-0.25, -0.2) is 4.79 Å². The molecule has 9 heteroatoms. The third-order valence-electron chi connectivity index (χ3n) is 2.49. The summed E-state index contributed by atoms with van der Waals surface area (Å²) in [5.41, 5.74) is 0.517. The van der Waals surface area contributed by atoms with Gasteiger partial charge >= 0.3 is 12.5 Å². The second-order valence-electron chi connectivity index (χ2n) is 3.75. The van der Waals surface area contributed by atoms with E-state index in [0.717, 1.165) is 12.1 Å². The van der Waals surface area contributed by atoms with Crippen molar-refractivity contribution in [2.75, 3.05) is 13.7 Å². The van der Waals surface area contributed by atoms with Crippen LogP contribution < -0.4 is 14.8 Å². The largest absolute Gasteiger partial charge is 0.573 e. The summed E-state index contributed by atoms with van der Waals surface area (Å²) in [6, 6.07) is 3.19. The molecule has 0 spiro atoms. The molecule has 5 nitrogen and oxygen atoms in total. The Bertz CT molecular complexity index is 495. The molecule has 1 aromatic rings. The molecule has 0 aromatic heterocycles. The van der Waals surface area contributed by atoms with Crippen LogP contribution in [0.5, 0.6) is 11.5 Å². The Hall–Kier alpha value is -1.83. The van der Waals surface area contributed by atoms with Gasteiger partial charge in [0.15, 0.2) is 0 Å². The molecule has 1 saturated heterocycles. The van der Waals surface area contributed by atoms with Gasteiger partial charge in [0.1, 0.15) is 18.1 Å². The van der Waals surface area contributed by atoms with Gasteiger partial charge in [0.2, 0.25) is 0 Å². The monoisotopic (exact) mass is 313 g/mol. The van der Waals surface area contributed by atoms with Gasteiger partial charge in [-0.15, -0.1) is 25.6 Å². The number of halogens is 4. The number of alkyl halides is 3. The van der Waals surface area contributed by atoms with Gasteiger partial charge in [0.05, 0.1) is 13.2 Å². The average molecular weight is 314 g/mol. The Kier molecular flexibility index (Phi) is 4.93. The number of amides is 1. The molecule has 0 aliphatic carbocycles. The number of hydrogen-bond acceptors (Lipinski definition) is 4. The number of alkyl carbamates (subject to hydrolysis) is 1. The summed E-state index contributed by atoms with van der Waals surface area (Å²) in [5, 5.41) is 2.51. The molecular weight excluding hydrogens is 303 g/mol. The van der Waals surface area contributed by atoms with Gasteiger partial charge in [-0.05, 0) is 12.1 Å². The molecule has 0 radical (unpaired) electrons. The van der Waals surface area contributed by atoms with Crippen LogP contribution in [0.2, 0.25) is 0 Å². The molecule has 1 atom stereocenters. The van der Waals surface area contributed by atoms with Crippen LogP contribution in [0.15, 0.2) is 18.2 Å². The van der Waals surface area contributed by atoms with Crippen LogP contribution in [0.25, 0.3) is 0 Å². The highest BCUT2D eigenvalue weighted by atomic mass is 35.5. The summed E-state index contributed by atoms with van der Waals surface area (Å²) >= 11 is 0. The highest BCUT2D eigenvalue weighted by Crippen LogP contribution is 2.33. The molecule has 0 saturated carbocycles. The van der Waals surface area contributed by atoms with E-state index < -0.39 is 24.2 Å². The van der Waals surface area contributed by atoms with Crippen LogP contribution in [0.1, 0.15) is 11.6 Å². The number of carbonyl (C=O) groups excluding carboxylic acids is 1. The fourth-order valence-electron chi connectivity index (χ4n) is 1.73. The lowest BCUT2D eigenvalue weighted by Gasteiger charge is -2.15. The number of nitrogens with one attached hydrogen (secondary N) is 1. The maximum atomic E-state index is 12.1. The van der Waals surface area contributed by atoms with Crippen molar-refractivity contribution >= 4 is 18.5 Å². The minimum absolute atomic E-state index is 0. The molecule has 1 aliphatic rings. The summed E-state index contributed by atoms with van der Waals surface area (Å²) in [6.45, 7) is 0.0919. The third kappa shape index (κ3) is 3.83. The van der Waals surface area contributed by atoms with Gasteiger partial charge in [0, 0.05) is 11.6 Å². The van der Waals surface area contributed by atoms with Crippen LogP contribution in [0.3, 0.4) is 0 Å². The van der Waals surface area contributed by atoms with E-state index in [4.69, 9.17) is 9.47 Å². The van der Waals surface area contributed by atoms with E-state index in [1.165, 1.54) is 13.2 Å². The van der Waals surface area contributed by atoms with Crippen molar-refractivity contribution in [3.05, 3.63) is 23.8 Å². The molecule has 0 bridgehead atoms. The van der Waals surface area contributed by atoms with Crippen molar-refractivity contribution in [1.82, 2.24) is 5.32 Å². The Morgan fingerprint density at radius 2 is 2.10 bits per heavy atom. The SMILES string of the molecule is COc1cc(OC(F)(F)F)ccc1[C@H]1COC(=O)N1.Cl. The quantitative estimate of drug-likeness (QED) is 0.932. The predicted octanol–water partition coefficient (Wildman–Crippen LogP) is 2.80. The maximum Gasteiger partial charge on any atom is 0.573 e. The molecule has 0 unspecified atom stereocenters. The fourth-order valence-corrected chi connectivity index (χ4v) is 1.73. The third-order valence-corrected chi connectivity index (χ3v) is 2.49. The van der Waals surface area contributed by atoms with Crippen molar-refractivity contribution in [2.45, 2.75) is 12.4 Å². The summed E-state index contributed by atoms with van der Waals surface area (Å²) < 4.78 is 49.8. The second-order valence-corrected chi connectivity index (χ2v) is 3.75. The topological polar surface area (TPSA) is 56.8 Å². The minimum atomic E-state index is -4.77. The van der Waals surface area contributed by atoms with E-state index in [0.29, 0.717) is 5.56 Å². The van der Waals surface area contributed by atoms with Crippen molar-refractivity contribution in [1.29, 1.82) is 0 Å². The molecule has 1 aromatic carbocycles. The zero-order valence-electron chi connectivity index (χ0n) is 10.2. The normalized spacial score (nSPS) is 17.8. The molecule has 1 N–H and O–H groups in total. The predicted molar refractivity (Wildman–Crippen MR) is 64.1 cm³/mol. The van der Waals surface area contributed by atoms with Crippen LogP contribution in [-0.4, -0.2) is 26.2 Å². The first-order valence-electron chi connectivity index (χ1n) is 5.26. The molecule has 112 valence electrons. The Morgan fingerprint density at radius 1 is 1.40 bits per heavy atom. The molecule has 20 heavy (non-hydrogen) atoms. The Labute approximate surface area is 118 Å². The van der Waals surface area contributed by atoms with Gasteiger partial charge in [-0.1, -0.05) is 0 Å². The number of carbonyl (C=O) groups is 1. The first-order chi connectivity index (χ1) is 8.89. The zero-order chi connectivity index (χ0) is 14.0. The number of cyclic esters (lactones) is 1. The van der Waals surface area contributed by atoms with Crippen molar-refractivity contribution < 1.29 is 32.2 Å². The van der Waals surface area contributed by atoms with E-state index in [1.54, 1.807) is 0 Å². The minimum Gasteiger partial charge on any atom is -0.496 e. The number of rotatable bonds is 3. The second kappa shape index (κ2) is 6.08. The Balaban J connectivity index is 0.00000200. The van der Waals surface area contributed by atoms with E-state index >= 15 is 0 Å². The molecule has 2 rings (SSSR count). The van der Waals surface area contributed by atoms with Crippen molar-refractivity contribution in [2.24, 2.45) is 0 Å². The van der Waals surface area contributed by atoms with Crippen molar-refractivity contribution in [3.63, 3.8) is 0 Å². The average Bonchev–Trinajstić information content (AvgIpc) is 2.73. The molecule has 1 fully saturated rings. The fraction of sp³-hybridized carbons (Fsp3) is 0.364. The first kappa shape index (κ1) is 16.2. The highest BCUT2D eigenvalue weighted by Gasteiger charge is 2.32. The van der Waals surface area contributed by atoms with Crippen LogP contribution in [-0.2, 0) is 4.74 Å². The summed E-state index contributed by atoms with van der Waals surface area (Å²) in [4.78, 5) is 10.9. The van der Waals surface area contributed by atoms with Gasteiger partial charge in [-0.2, -0.15) is 0 Å².